The fourth-order valence-corrected chi connectivity index (χ4v) is 2.01. The minimum absolute atomic E-state index is 0.619. The number of anilines is 1. The van der Waals surface area contributed by atoms with E-state index in [0.29, 0.717) is 5.88 Å². The van der Waals surface area contributed by atoms with Crippen molar-refractivity contribution < 1.29 is 4.74 Å². The number of hydrogen-bond donors (Lipinski definition) is 1. The number of rotatable bonds is 5. The Hall–Kier alpha value is -2.10. The molecule has 1 N–H and O–H groups in total. The molecule has 0 radical (unpaired) electrons. The summed E-state index contributed by atoms with van der Waals surface area (Å²) >= 11 is 0. The molecule has 1 aromatic carbocycles. The van der Waals surface area contributed by atoms with Crippen LogP contribution in [-0.4, -0.2) is 23.6 Å². The Balaban J connectivity index is 1.96. The predicted molar refractivity (Wildman–Crippen MR) is 76.7 cm³/mol. The van der Waals surface area contributed by atoms with Crippen LogP contribution in [0.15, 0.2) is 30.6 Å². The number of ether oxygens (including phenoxy) is 1. The molecule has 100 valence electrons. The lowest BCUT2D eigenvalue weighted by atomic mass is 10.1. The lowest BCUT2D eigenvalue weighted by Crippen LogP contribution is -2.09. The minimum Gasteiger partial charge on any atom is -0.481 e. The molecule has 0 atom stereocenters. The van der Waals surface area contributed by atoms with E-state index in [1.165, 1.54) is 17.5 Å². The Bertz CT molecular complexity index is 555. The van der Waals surface area contributed by atoms with Crippen molar-refractivity contribution in [3.63, 3.8) is 0 Å². The monoisotopic (exact) mass is 257 g/mol. The summed E-state index contributed by atoms with van der Waals surface area (Å²) < 4.78 is 5.17. The van der Waals surface area contributed by atoms with Crippen LogP contribution in [0.5, 0.6) is 5.88 Å². The Labute approximate surface area is 113 Å². The van der Waals surface area contributed by atoms with E-state index in [2.05, 4.69) is 46.5 Å². The zero-order valence-corrected chi connectivity index (χ0v) is 11.6. The highest BCUT2D eigenvalue weighted by Gasteiger charge is 2.06. The second kappa shape index (κ2) is 6.18. The maximum atomic E-state index is 5.17. The molecule has 0 saturated carbocycles. The molecule has 1 aromatic heterocycles. The van der Waals surface area contributed by atoms with E-state index in [0.717, 1.165) is 24.3 Å². The maximum absolute atomic E-state index is 5.17. The van der Waals surface area contributed by atoms with Gasteiger partial charge in [0.2, 0.25) is 5.88 Å². The molecule has 0 amide bonds. The van der Waals surface area contributed by atoms with Crippen molar-refractivity contribution >= 4 is 5.82 Å². The molecule has 0 saturated heterocycles. The van der Waals surface area contributed by atoms with Gasteiger partial charge in [-0.1, -0.05) is 29.8 Å². The van der Waals surface area contributed by atoms with Gasteiger partial charge in [0.25, 0.3) is 0 Å². The number of nitrogens with zero attached hydrogens (tertiary/aromatic N) is 2. The van der Waals surface area contributed by atoms with Gasteiger partial charge in [0.1, 0.15) is 12.1 Å². The van der Waals surface area contributed by atoms with Gasteiger partial charge in [-0.15, -0.1) is 0 Å². The summed E-state index contributed by atoms with van der Waals surface area (Å²) in [4.78, 5) is 8.30. The Morgan fingerprint density at radius 2 is 2.05 bits per heavy atom. The molecule has 0 aliphatic rings. The third-order valence-corrected chi connectivity index (χ3v) is 3.02. The first-order valence-electron chi connectivity index (χ1n) is 6.35. The number of aromatic nitrogens is 2. The number of aryl methyl sites for hydroxylation is 1. The summed E-state index contributed by atoms with van der Waals surface area (Å²) in [6.45, 7) is 4.90. The molecule has 0 bridgehead atoms. The Morgan fingerprint density at radius 1 is 1.21 bits per heavy atom. The third kappa shape index (κ3) is 3.44. The fourth-order valence-electron chi connectivity index (χ4n) is 2.01. The number of methoxy groups -OCH3 is 1. The van der Waals surface area contributed by atoms with Crippen molar-refractivity contribution in [2.75, 3.05) is 19.0 Å². The molecule has 19 heavy (non-hydrogen) atoms. The molecule has 1 heterocycles. The highest BCUT2D eigenvalue weighted by atomic mass is 16.5. The quantitative estimate of drug-likeness (QED) is 0.894. The summed E-state index contributed by atoms with van der Waals surface area (Å²) in [5, 5.41) is 3.32. The standard InChI is InChI=1S/C15H19N3O/c1-11-5-4-6-13(9-11)7-8-16-14-12(2)15(19-3)18-10-17-14/h4-6,9-10H,7-8H2,1-3H3,(H,16,17,18). The van der Waals surface area contributed by atoms with Gasteiger partial charge in [0.05, 0.1) is 12.7 Å². The molecule has 4 nitrogen and oxygen atoms in total. The zero-order valence-electron chi connectivity index (χ0n) is 11.6. The number of nitrogens with one attached hydrogen (secondary N) is 1. The number of benzene rings is 1. The van der Waals surface area contributed by atoms with Crippen molar-refractivity contribution in [2.24, 2.45) is 0 Å². The predicted octanol–water partition coefficient (Wildman–Crippen LogP) is 2.76. The average Bonchev–Trinajstić information content (AvgIpc) is 2.41. The second-order valence-electron chi connectivity index (χ2n) is 4.52. The van der Waals surface area contributed by atoms with E-state index < -0.39 is 0 Å². The first-order valence-corrected chi connectivity index (χ1v) is 6.35. The second-order valence-corrected chi connectivity index (χ2v) is 4.52. The van der Waals surface area contributed by atoms with Gasteiger partial charge in [-0.2, -0.15) is 0 Å². The summed E-state index contributed by atoms with van der Waals surface area (Å²) in [6.07, 6.45) is 2.48. The average molecular weight is 257 g/mol. The Morgan fingerprint density at radius 3 is 2.79 bits per heavy atom. The van der Waals surface area contributed by atoms with Gasteiger partial charge in [-0.05, 0) is 25.8 Å². The van der Waals surface area contributed by atoms with Crippen molar-refractivity contribution in [3.05, 3.63) is 47.3 Å². The molecule has 0 unspecified atom stereocenters. The van der Waals surface area contributed by atoms with Gasteiger partial charge in [0.15, 0.2) is 0 Å². The lowest BCUT2D eigenvalue weighted by molar-refractivity contribution is 0.393. The third-order valence-electron chi connectivity index (χ3n) is 3.02. The normalized spacial score (nSPS) is 10.3. The molecular weight excluding hydrogens is 238 g/mol. The molecule has 0 aliphatic carbocycles. The van der Waals surface area contributed by atoms with Gasteiger partial charge < -0.3 is 10.1 Å². The zero-order chi connectivity index (χ0) is 13.7. The van der Waals surface area contributed by atoms with Gasteiger partial charge in [-0.3, -0.25) is 0 Å². The first-order chi connectivity index (χ1) is 9.20. The SMILES string of the molecule is COc1ncnc(NCCc2cccc(C)c2)c1C. The van der Waals surface area contributed by atoms with Crippen molar-refractivity contribution in [1.82, 2.24) is 9.97 Å². The van der Waals surface area contributed by atoms with Gasteiger partial charge in [-0.25, -0.2) is 9.97 Å². The summed E-state index contributed by atoms with van der Waals surface area (Å²) in [5.74, 6) is 1.45. The van der Waals surface area contributed by atoms with Crippen molar-refractivity contribution in [1.29, 1.82) is 0 Å². The fraction of sp³-hybridized carbons (Fsp3) is 0.333. The summed E-state index contributed by atoms with van der Waals surface area (Å²) in [7, 11) is 1.62. The van der Waals surface area contributed by atoms with Gasteiger partial charge >= 0.3 is 0 Å². The maximum Gasteiger partial charge on any atom is 0.221 e. The largest absolute Gasteiger partial charge is 0.481 e. The van der Waals surface area contributed by atoms with Crippen LogP contribution < -0.4 is 10.1 Å². The highest BCUT2D eigenvalue weighted by molar-refractivity contribution is 5.47. The van der Waals surface area contributed by atoms with E-state index in [1.54, 1.807) is 7.11 Å². The summed E-state index contributed by atoms with van der Waals surface area (Å²) in [5.41, 5.74) is 3.55. The van der Waals surface area contributed by atoms with Crippen LogP contribution in [0.4, 0.5) is 5.82 Å². The van der Waals surface area contributed by atoms with Crippen molar-refractivity contribution in [2.45, 2.75) is 20.3 Å². The molecule has 4 heteroatoms. The lowest BCUT2D eigenvalue weighted by Gasteiger charge is -2.10. The molecule has 0 fully saturated rings. The van der Waals surface area contributed by atoms with Crippen LogP contribution in [0.2, 0.25) is 0 Å². The van der Waals surface area contributed by atoms with Crippen LogP contribution in [0.3, 0.4) is 0 Å². The van der Waals surface area contributed by atoms with Crippen LogP contribution >= 0.6 is 0 Å². The Kier molecular flexibility index (Phi) is 4.34. The van der Waals surface area contributed by atoms with Crippen LogP contribution in [0.25, 0.3) is 0 Å². The molecule has 0 aliphatic heterocycles. The molecule has 2 aromatic rings. The van der Waals surface area contributed by atoms with Crippen molar-refractivity contribution in [3.8, 4) is 5.88 Å². The molecular formula is C15H19N3O. The minimum atomic E-state index is 0.619. The smallest absolute Gasteiger partial charge is 0.221 e. The molecule has 2 rings (SSSR count). The molecule has 0 spiro atoms. The van der Waals surface area contributed by atoms with E-state index in [9.17, 15) is 0 Å². The van der Waals surface area contributed by atoms with Crippen LogP contribution in [0.1, 0.15) is 16.7 Å². The van der Waals surface area contributed by atoms with Crippen LogP contribution in [-0.2, 0) is 6.42 Å². The highest BCUT2D eigenvalue weighted by Crippen LogP contribution is 2.19. The van der Waals surface area contributed by atoms with Crippen LogP contribution in [0, 0.1) is 13.8 Å². The van der Waals surface area contributed by atoms with E-state index in [4.69, 9.17) is 4.74 Å². The van der Waals surface area contributed by atoms with E-state index >= 15 is 0 Å². The first kappa shape index (κ1) is 13.3. The summed E-state index contributed by atoms with van der Waals surface area (Å²) in [6, 6.07) is 8.54. The van der Waals surface area contributed by atoms with E-state index in [1.807, 2.05) is 6.92 Å². The number of hydrogen-bond acceptors (Lipinski definition) is 4. The van der Waals surface area contributed by atoms with E-state index in [-0.39, 0.29) is 0 Å². The van der Waals surface area contributed by atoms with Gasteiger partial charge in [0, 0.05) is 6.54 Å². The topological polar surface area (TPSA) is 47.0 Å².